The van der Waals surface area contributed by atoms with Gasteiger partial charge in [-0.3, -0.25) is 14.5 Å². The van der Waals surface area contributed by atoms with Gasteiger partial charge in [0.05, 0.1) is 0 Å². The zero-order valence-corrected chi connectivity index (χ0v) is 16.4. The van der Waals surface area contributed by atoms with Crippen LogP contribution in [0, 0.1) is 0 Å². The normalized spacial score (nSPS) is 18.0. The van der Waals surface area contributed by atoms with Crippen LogP contribution in [0.25, 0.3) is 33.7 Å². The molecule has 0 fully saturated rings. The standard InChI is InChI=1S/C25H21NO3/c1-26-24(27)19-7-4-6-18-15(11-12-20(23(18)19)25(26)28)14-9-10-17-16-5-2-3-8-21(16)29-22(17)13-14/h6,9-13H,2-5,7-8H2,1H3. The van der Waals surface area contributed by atoms with E-state index < -0.39 is 0 Å². The largest absolute Gasteiger partial charge is 0.461 e. The summed E-state index contributed by atoms with van der Waals surface area (Å²) in [6.07, 6.45) is 8.19. The molecule has 144 valence electrons. The van der Waals surface area contributed by atoms with Gasteiger partial charge in [0.25, 0.3) is 11.8 Å². The second kappa shape index (κ2) is 5.93. The highest BCUT2D eigenvalue weighted by molar-refractivity contribution is 6.24. The number of furan rings is 1. The van der Waals surface area contributed by atoms with Crippen LogP contribution < -0.4 is 10.4 Å². The van der Waals surface area contributed by atoms with Gasteiger partial charge in [-0.1, -0.05) is 24.3 Å². The number of carbonyl (C=O) groups excluding carboxylic acids is 2. The van der Waals surface area contributed by atoms with Crippen LogP contribution in [0.4, 0.5) is 0 Å². The summed E-state index contributed by atoms with van der Waals surface area (Å²) < 4.78 is 6.19. The van der Waals surface area contributed by atoms with E-state index in [0.29, 0.717) is 12.0 Å². The number of nitrogens with zero attached hydrogens (tertiary/aromatic N) is 1. The van der Waals surface area contributed by atoms with Crippen molar-refractivity contribution in [3.8, 4) is 11.1 Å². The second-order valence-electron chi connectivity index (χ2n) is 8.26. The average Bonchev–Trinajstić information content (AvgIpc) is 3.13. The third kappa shape index (κ3) is 2.26. The molecule has 0 spiro atoms. The molecule has 2 amide bonds. The van der Waals surface area contributed by atoms with E-state index in [9.17, 15) is 9.59 Å². The van der Waals surface area contributed by atoms with Gasteiger partial charge in [0, 0.05) is 40.8 Å². The fourth-order valence-electron chi connectivity index (χ4n) is 5.19. The van der Waals surface area contributed by atoms with Gasteiger partial charge in [0.2, 0.25) is 0 Å². The Hall–Kier alpha value is -3.14. The van der Waals surface area contributed by atoms with E-state index in [1.165, 1.54) is 28.7 Å². The molecule has 29 heavy (non-hydrogen) atoms. The number of amides is 2. The summed E-state index contributed by atoms with van der Waals surface area (Å²) in [7, 11) is 1.57. The van der Waals surface area contributed by atoms with Crippen LogP contribution in [-0.4, -0.2) is 23.8 Å². The van der Waals surface area contributed by atoms with Gasteiger partial charge in [0.1, 0.15) is 11.3 Å². The quantitative estimate of drug-likeness (QED) is 0.606. The fraction of sp³-hybridized carbons (Fsp3) is 0.280. The maximum atomic E-state index is 12.7. The topological polar surface area (TPSA) is 50.5 Å². The van der Waals surface area contributed by atoms with Crippen LogP contribution >= 0.6 is 0 Å². The molecule has 1 aromatic heterocycles. The maximum Gasteiger partial charge on any atom is 0.261 e. The lowest BCUT2D eigenvalue weighted by Gasteiger charge is -2.25. The van der Waals surface area contributed by atoms with E-state index in [-0.39, 0.29) is 11.8 Å². The van der Waals surface area contributed by atoms with Crippen LogP contribution in [0.15, 0.2) is 34.7 Å². The van der Waals surface area contributed by atoms with Gasteiger partial charge in [-0.25, -0.2) is 0 Å². The van der Waals surface area contributed by atoms with E-state index >= 15 is 0 Å². The zero-order chi connectivity index (χ0) is 19.7. The average molecular weight is 383 g/mol. The molecule has 0 radical (unpaired) electrons. The van der Waals surface area contributed by atoms with E-state index in [2.05, 4.69) is 24.3 Å². The summed E-state index contributed by atoms with van der Waals surface area (Å²) in [4.78, 5) is 26.6. The van der Waals surface area contributed by atoms with Crippen LogP contribution in [-0.2, 0) is 17.6 Å². The molecule has 2 heterocycles. The Bertz CT molecular complexity index is 1360. The van der Waals surface area contributed by atoms with Gasteiger partial charge < -0.3 is 4.42 Å². The second-order valence-corrected chi connectivity index (χ2v) is 8.26. The third-order valence-electron chi connectivity index (χ3n) is 6.66. The van der Waals surface area contributed by atoms with E-state index in [0.717, 1.165) is 57.7 Å². The summed E-state index contributed by atoms with van der Waals surface area (Å²) >= 11 is 0. The van der Waals surface area contributed by atoms with Crippen LogP contribution in [0.1, 0.15) is 47.4 Å². The SMILES string of the molecule is CN1C(=O)C2=c3c(ccc(-c4ccc5c6c(oc5c4)CCCC6)c3=CCC2)C1=O. The minimum absolute atomic E-state index is 0.164. The Morgan fingerprint density at radius 3 is 2.66 bits per heavy atom. The minimum atomic E-state index is -0.217. The highest BCUT2D eigenvalue weighted by atomic mass is 16.3. The smallest absolute Gasteiger partial charge is 0.261 e. The zero-order valence-electron chi connectivity index (χ0n) is 16.4. The molecule has 0 saturated heterocycles. The number of hydrogen-bond acceptors (Lipinski definition) is 3. The van der Waals surface area contributed by atoms with Gasteiger partial charge in [-0.15, -0.1) is 0 Å². The number of benzene rings is 2. The Kier molecular flexibility index (Phi) is 3.43. The molecule has 0 saturated carbocycles. The monoisotopic (exact) mass is 383 g/mol. The third-order valence-corrected chi connectivity index (χ3v) is 6.66. The first-order valence-electron chi connectivity index (χ1n) is 10.4. The van der Waals surface area contributed by atoms with E-state index in [1.807, 2.05) is 12.1 Å². The van der Waals surface area contributed by atoms with Gasteiger partial charge >= 0.3 is 0 Å². The van der Waals surface area contributed by atoms with Crippen LogP contribution in [0.5, 0.6) is 0 Å². The first-order chi connectivity index (χ1) is 14.1. The summed E-state index contributed by atoms with van der Waals surface area (Å²) in [5, 5.41) is 3.06. The predicted molar refractivity (Wildman–Crippen MR) is 112 cm³/mol. The highest BCUT2D eigenvalue weighted by Gasteiger charge is 2.31. The summed E-state index contributed by atoms with van der Waals surface area (Å²) in [6, 6.07) is 10.3. The molecule has 4 nitrogen and oxygen atoms in total. The van der Waals surface area contributed by atoms with Crippen molar-refractivity contribution in [3.05, 3.63) is 57.7 Å². The number of fused-ring (bicyclic) bond motifs is 3. The molecular formula is C25H21NO3. The first-order valence-corrected chi connectivity index (χ1v) is 10.4. The molecule has 1 aliphatic heterocycles. The number of aryl methyl sites for hydroxylation is 2. The summed E-state index contributed by atoms with van der Waals surface area (Å²) in [5.74, 6) is 0.755. The van der Waals surface area contributed by atoms with Crippen molar-refractivity contribution >= 4 is 34.4 Å². The first kappa shape index (κ1) is 16.8. The highest BCUT2D eigenvalue weighted by Crippen LogP contribution is 2.34. The Morgan fingerprint density at radius 1 is 0.931 bits per heavy atom. The molecule has 2 aliphatic carbocycles. The Labute approximate surface area is 168 Å². The van der Waals surface area contributed by atoms with Crippen molar-refractivity contribution in [2.75, 3.05) is 7.05 Å². The molecule has 6 rings (SSSR count). The van der Waals surface area contributed by atoms with E-state index in [1.54, 1.807) is 7.05 Å². The fourth-order valence-corrected chi connectivity index (χ4v) is 5.19. The van der Waals surface area contributed by atoms with Gasteiger partial charge in [-0.2, -0.15) is 0 Å². The molecule has 0 unspecified atom stereocenters. The Balaban J connectivity index is 1.61. The molecular weight excluding hydrogens is 362 g/mol. The van der Waals surface area contributed by atoms with Crippen molar-refractivity contribution in [2.45, 2.75) is 38.5 Å². The van der Waals surface area contributed by atoms with Crippen LogP contribution in [0.2, 0.25) is 0 Å². The van der Waals surface area contributed by atoms with E-state index in [4.69, 9.17) is 4.42 Å². The number of carbonyl (C=O) groups is 2. The van der Waals surface area contributed by atoms with Gasteiger partial charge in [-0.05, 0) is 60.6 Å². The van der Waals surface area contributed by atoms with Crippen LogP contribution in [0.3, 0.4) is 0 Å². The van der Waals surface area contributed by atoms with Gasteiger partial charge in [0.15, 0.2) is 0 Å². The molecule has 0 N–H and O–H groups in total. The molecule has 4 heteroatoms. The molecule has 0 atom stereocenters. The van der Waals surface area contributed by atoms with Crippen molar-refractivity contribution in [3.63, 3.8) is 0 Å². The van der Waals surface area contributed by atoms with Crippen molar-refractivity contribution in [2.24, 2.45) is 0 Å². The molecule has 2 aromatic carbocycles. The Morgan fingerprint density at radius 2 is 1.76 bits per heavy atom. The lowest BCUT2D eigenvalue weighted by molar-refractivity contribution is -0.122. The molecule has 3 aliphatic rings. The summed E-state index contributed by atoms with van der Waals surface area (Å²) in [6.45, 7) is 0. The molecule has 0 bridgehead atoms. The summed E-state index contributed by atoms with van der Waals surface area (Å²) in [5.41, 5.74) is 5.82. The van der Waals surface area contributed by atoms with Crippen molar-refractivity contribution in [1.29, 1.82) is 0 Å². The number of hydrogen-bond donors (Lipinski definition) is 0. The van der Waals surface area contributed by atoms with Crippen molar-refractivity contribution in [1.82, 2.24) is 4.90 Å². The predicted octanol–water partition coefficient (Wildman–Crippen LogP) is 3.32. The number of rotatable bonds is 1. The maximum absolute atomic E-state index is 12.7. The lowest BCUT2D eigenvalue weighted by atomic mass is 9.87. The minimum Gasteiger partial charge on any atom is -0.461 e. The number of imide groups is 1. The lowest BCUT2D eigenvalue weighted by Crippen LogP contribution is -2.49. The molecule has 3 aromatic rings. The van der Waals surface area contributed by atoms with Crippen molar-refractivity contribution < 1.29 is 14.0 Å².